The van der Waals surface area contributed by atoms with E-state index in [0.717, 1.165) is 11.7 Å². The number of fused-ring (bicyclic) bond motifs is 1. The molecule has 0 radical (unpaired) electrons. The van der Waals surface area contributed by atoms with Crippen molar-refractivity contribution in [2.24, 2.45) is 0 Å². The molecule has 0 saturated heterocycles. The summed E-state index contributed by atoms with van der Waals surface area (Å²) in [4.78, 5) is 13.1. The minimum absolute atomic E-state index is 0.0372. The summed E-state index contributed by atoms with van der Waals surface area (Å²) in [5.41, 5.74) is 1.66. The molecule has 31 heavy (non-hydrogen) atoms. The van der Waals surface area contributed by atoms with E-state index in [1.54, 1.807) is 66.7 Å². The van der Waals surface area contributed by atoms with Crippen molar-refractivity contribution < 1.29 is 17.9 Å². The smallest absolute Gasteiger partial charge is 0.247 e. The van der Waals surface area contributed by atoms with Gasteiger partial charge in [-0.3, -0.25) is 4.79 Å². The van der Waals surface area contributed by atoms with Crippen LogP contribution in [0, 0.1) is 0 Å². The number of aromatic nitrogens is 2. The summed E-state index contributed by atoms with van der Waals surface area (Å²) in [6.07, 6.45) is 0. The van der Waals surface area contributed by atoms with Crippen LogP contribution in [0.5, 0.6) is 5.75 Å². The lowest BCUT2D eigenvalue weighted by Crippen LogP contribution is -2.37. The number of nitrogens with zero attached hydrogens (tertiary/aromatic N) is 2. The number of hydrogen-bond acceptors (Lipinski definition) is 7. The van der Waals surface area contributed by atoms with Gasteiger partial charge in [-0.25, -0.2) is 8.42 Å². The monoisotopic (exact) mass is 454 g/mol. The number of sulfonamides is 1. The molecule has 10 heteroatoms. The molecule has 0 spiro atoms. The van der Waals surface area contributed by atoms with Crippen LogP contribution in [0.4, 0.5) is 5.69 Å². The standard InChI is InChI=1S/C21H18N4O4S2/c1-29-17-12-6-5-10-15(17)22-21(26)19(14-8-3-2-4-9-14)25-31(27,28)18-13-7-11-16-20(18)24-30-23-16/h2-13,19,25H,1H3,(H,22,26)/t19-/m1/s1. The lowest BCUT2D eigenvalue weighted by Gasteiger charge is -2.20. The molecule has 1 amide bonds. The number of carbonyl (C=O) groups excluding carboxylic acids is 1. The molecule has 0 aliphatic heterocycles. The van der Waals surface area contributed by atoms with Gasteiger partial charge in [-0.15, -0.1) is 0 Å². The van der Waals surface area contributed by atoms with Crippen molar-refractivity contribution >= 4 is 44.4 Å². The Bertz CT molecular complexity index is 1320. The van der Waals surface area contributed by atoms with E-state index >= 15 is 0 Å². The number of carbonyl (C=O) groups is 1. The quantitative estimate of drug-likeness (QED) is 0.443. The molecule has 4 aromatic rings. The maximum absolute atomic E-state index is 13.2. The van der Waals surface area contributed by atoms with E-state index in [-0.39, 0.29) is 10.4 Å². The van der Waals surface area contributed by atoms with Gasteiger partial charge in [0.25, 0.3) is 0 Å². The molecule has 0 unspecified atom stereocenters. The molecule has 4 rings (SSSR count). The van der Waals surface area contributed by atoms with Gasteiger partial charge >= 0.3 is 0 Å². The Kier molecular flexibility index (Phi) is 5.94. The highest BCUT2D eigenvalue weighted by Gasteiger charge is 2.29. The molecule has 1 aromatic heterocycles. The number of methoxy groups -OCH3 is 1. The fraction of sp³-hybridized carbons (Fsp3) is 0.0952. The molecular formula is C21H18N4O4S2. The number of nitrogens with one attached hydrogen (secondary N) is 2. The summed E-state index contributed by atoms with van der Waals surface area (Å²) >= 11 is 0.925. The maximum Gasteiger partial charge on any atom is 0.247 e. The van der Waals surface area contributed by atoms with Crippen molar-refractivity contribution in [1.29, 1.82) is 0 Å². The van der Waals surface area contributed by atoms with Crippen LogP contribution in [0.2, 0.25) is 0 Å². The molecule has 1 atom stereocenters. The average molecular weight is 455 g/mol. The van der Waals surface area contributed by atoms with Crippen LogP contribution >= 0.6 is 11.7 Å². The third-order valence-corrected chi connectivity index (χ3v) is 6.57. The Balaban J connectivity index is 1.70. The third-order valence-electron chi connectivity index (χ3n) is 4.57. The van der Waals surface area contributed by atoms with Gasteiger partial charge in [-0.05, 0) is 29.8 Å². The number of anilines is 1. The predicted molar refractivity (Wildman–Crippen MR) is 119 cm³/mol. The largest absolute Gasteiger partial charge is 0.495 e. The molecule has 1 heterocycles. The van der Waals surface area contributed by atoms with Crippen molar-refractivity contribution in [2.75, 3.05) is 12.4 Å². The van der Waals surface area contributed by atoms with Gasteiger partial charge in [0.2, 0.25) is 15.9 Å². The molecule has 0 aliphatic rings. The van der Waals surface area contributed by atoms with Crippen LogP contribution in [-0.2, 0) is 14.8 Å². The van der Waals surface area contributed by atoms with Crippen LogP contribution in [0.25, 0.3) is 11.0 Å². The van der Waals surface area contributed by atoms with Crippen molar-refractivity contribution in [2.45, 2.75) is 10.9 Å². The van der Waals surface area contributed by atoms with E-state index in [4.69, 9.17) is 4.74 Å². The second kappa shape index (κ2) is 8.80. The fourth-order valence-electron chi connectivity index (χ4n) is 3.09. The Hall–Kier alpha value is -3.34. The predicted octanol–water partition coefficient (Wildman–Crippen LogP) is 3.36. The van der Waals surface area contributed by atoms with E-state index in [9.17, 15) is 13.2 Å². The van der Waals surface area contributed by atoms with Crippen LogP contribution in [-0.4, -0.2) is 30.2 Å². The number of amides is 1. The fourth-order valence-corrected chi connectivity index (χ4v) is 5.04. The van der Waals surface area contributed by atoms with Crippen LogP contribution < -0.4 is 14.8 Å². The highest BCUT2D eigenvalue weighted by molar-refractivity contribution is 7.89. The summed E-state index contributed by atoms with van der Waals surface area (Å²) in [7, 11) is -2.60. The summed E-state index contributed by atoms with van der Waals surface area (Å²) in [5.74, 6) is -0.0910. The highest BCUT2D eigenvalue weighted by Crippen LogP contribution is 2.27. The summed E-state index contributed by atoms with van der Waals surface area (Å²) < 4.78 is 42.4. The average Bonchev–Trinajstić information content (AvgIpc) is 3.27. The van der Waals surface area contributed by atoms with Crippen molar-refractivity contribution in [1.82, 2.24) is 13.5 Å². The Morgan fingerprint density at radius 2 is 1.71 bits per heavy atom. The first-order valence-electron chi connectivity index (χ1n) is 9.22. The van der Waals surface area contributed by atoms with Crippen LogP contribution in [0.15, 0.2) is 77.7 Å². The van der Waals surface area contributed by atoms with E-state index < -0.39 is 22.0 Å². The molecule has 0 fully saturated rings. The van der Waals surface area contributed by atoms with Crippen LogP contribution in [0.1, 0.15) is 11.6 Å². The van der Waals surface area contributed by atoms with E-state index in [2.05, 4.69) is 18.8 Å². The van der Waals surface area contributed by atoms with E-state index in [1.807, 2.05) is 0 Å². The Morgan fingerprint density at radius 1 is 0.968 bits per heavy atom. The minimum Gasteiger partial charge on any atom is -0.495 e. The number of para-hydroxylation sites is 2. The first-order chi connectivity index (χ1) is 15.0. The molecule has 2 N–H and O–H groups in total. The number of benzene rings is 3. The normalized spacial score (nSPS) is 12.4. The van der Waals surface area contributed by atoms with Crippen molar-refractivity contribution in [3.8, 4) is 5.75 Å². The van der Waals surface area contributed by atoms with Crippen LogP contribution in [0.3, 0.4) is 0 Å². The second-order valence-electron chi connectivity index (χ2n) is 6.54. The van der Waals surface area contributed by atoms with Gasteiger partial charge in [-0.1, -0.05) is 48.5 Å². The molecule has 8 nitrogen and oxygen atoms in total. The second-order valence-corrected chi connectivity index (χ2v) is 8.75. The Labute approximate surface area is 183 Å². The summed E-state index contributed by atoms with van der Waals surface area (Å²) in [6.45, 7) is 0. The van der Waals surface area contributed by atoms with E-state index in [0.29, 0.717) is 22.5 Å². The highest BCUT2D eigenvalue weighted by atomic mass is 32.2. The first kappa shape index (κ1) is 20.9. The van der Waals surface area contributed by atoms with Crippen molar-refractivity contribution in [3.63, 3.8) is 0 Å². The number of ether oxygens (including phenoxy) is 1. The molecule has 3 aromatic carbocycles. The lowest BCUT2D eigenvalue weighted by atomic mass is 10.1. The summed E-state index contributed by atoms with van der Waals surface area (Å²) in [6, 6.07) is 19.0. The van der Waals surface area contributed by atoms with Gasteiger partial charge in [0.15, 0.2) is 0 Å². The first-order valence-corrected chi connectivity index (χ1v) is 11.4. The zero-order chi connectivity index (χ0) is 21.8. The maximum atomic E-state index is 13.2. The van der Waals surface area contributed by atoms with Gasteiger partial charge in [0, 0.05) is 0 Å². The van der Waals surface area contributed by atoms with Gasteiger partial charge in [-0.2, -0.15) is 13.5 Å². The van der Waals surface area contributed by atoms with Gasteiger partial charge in [0.1, 0.15) is 27.7 Å². The zero-order valence-corrected chi connectivity index (χ0v) is 18.0. The van der Waals surface area contributed by atoms with Gasteiger partial charge in [0.05, 0.1) is 24.5 Å². The van der Waals surface area contributed by atoms with E-state index in [1.165, 1.54) is 13.2 Å². The molecular weight excluding hydrogens is 436 g/mol. The number of hydrogen-bond donors (Lipinski definition) is 2. The minimum atomic E-state index is -4.10. The molecule has 0 saturated carbocycles. The zero-order valence-electron chi connectivity index (χ0n) is 16.3. The molecule has 0 aliphatic carbocycles. The van der Waals surface area contributed by atoms with Gasteiger partial charge < -0.3 is 10.1 Å². The third kappa shape index (κ3) is 4.41. The lowest BCUT2D eigenvalue weighted by molar-refractivity contribution is -0.117. The summed E-state index contributed by atoms with van der Waals surface area (Å²) in [5, 5.41) is 2.75. The molecule has 158 valence electrons. The SMILES string of the molecule is COc1ccccc1NC(=O)[C@H](NS(=O)(=O)c1cccc2nsnc12)c1ccccc1. The Morgan fingerprint density at radius 3 is 2.48 bits per heavy atom. The topological polar surface area (TPSA) is 110 Å². The molecule has 0 bridgehead atoms. The van der Waals surface area contributed by atoms with Crippen molar-refractivity contribution in [3.05, 3.63) is 78.4 Å². The number of rotatable bonds is 7.